The number of hydrogen-bond donors (Lipinski definition) is 2. The summed E-state index contributed by atoms with van der Waals surface area (Å²) in [5, 5.41) is 29.2. The summed E-state index contributed by atoms with van der Waals surface area (Å²) in [4.78, 5) is 33.1. The number of carbonyl (C=O) groups is 3. The van der Waals surface area contributed by atoms with E-state index in [2.05, 4.69) is 6.58 Å². The molecule has 0 aliphatic rings. The summed E-state index contributed by atoms with van der Waals surface area (Å²) in [6.07, 6.45) is 29.8. The highest BCUT2D eigenvalue weighted by Gasteiger charge is 2.26. The molecule has 0 radical (unpaired) electrons. The van der Waals surface area contributed by atoms with Gasteiger partial charge in [0.25, 0.3) is 0 Å². The molecule has 42 heavy (non-hydrogen) atoms. The van der Waals surface area contributed by atoms with Gasteiger partial charge in [-0.3, -0.25) is 9.59 Å². The zero-order chi connectivity index (χ0) is 31.2. The Balaban J connectivity index is 3.99. The zero-order valence-electron chi connectivity index (χ0n) is 27.0. The maximum Gasteiger partial charge on any atom is 0.303 e. The van der Waals surface area contributed by atoms with Crippen LogP contribution in [0.15, 0.2) is 12.7 Å². The molecular formula is C35H65NO6. The van der Waals surface area contributed by atoms with Gasteiger partial charge in [0.05, 0.1) is 39.0 Å². The Morgan fingerprint density at radius 1 is 0.476 bits per heavy atom. The molecule has 0 rings (SSSR count). The fraction of sp³-hybridized carbons (Fsp3) is 0.857. The van der Waals surface area contributed by atoms with Crippen molar-refractivity contribution in [3.8, 4) is 0 Å². The van der Waals surface area contributed by atoms with E-state index in [0.717, 1.165) is 19.4 Å². The Morgan fingerprint density at radius 3 is 1.07 bits per heavy atom. The molecule has 0 fully saturated rings. The molecule has 0 amide bonds. The van der Waals surface area contributed by atoms with Gasteiger partial charge in [-0.05, 0) is 32.1 Å². The number of unbranched alkanes of at least 4 members (excludes halogenated alkanes) is 19. The van der Waals surface area contributed by atoms with E-state index >= 15 is 0 Å². The number of carbonyl (C=O) groups excluding carboxylic acids is 1. The first kappa shape index (κ1) is 40.1. The van der Waals surface area contributed by atoms with E-state index in [9.17, 15) is 19.5 Å². The van der Waals surface area contributed by atoms with Gasteiger partial charge in [0.15, 0.2) is 0 Å². The first-order valence-electron chi connectivity index (χ1n) is 17.4. The van der Waals surface area contributed by atoms with Crippen molar-refractivity contribution >= 4 is 17.9 Å². The predicted octanol–water partition coefficient (Wildman–Crippen LogP) is 8.05. The van der Waals surface area contributed by atoms with E-state index in [1.54, 1.807) is 0 Å². The summed E-state index contributed by atoms with van der Waals surface area (Å²) in [5.74, 6) is -2.74. The van der Waals surface area contributed by atoms with E-state index in [0.29, 0.717) is 43.4 Å². The summed E-state index contributed by atoms with van der Waals surface area (Å²) < 4.78 is 0.615. The number of carboxylic acid groups (broad SMARTS) is 3. The lowest BCUT2D eigenvalue weighted by Crippen LogP contribution is -2.51. The third kappa shape index (κ3) is 28.2. The van der Waals surface area contributed by atoms with Crippen LogP contribution in [0.25, 0.3) is 0 Å². The normalized spacial score (nSPS) is 11.5. The van der Waals surface area contributed by atoms with Gasteiger partial charge in [-0.15, -0.1) is 6.58 Å². The Hall–Kier alpha value is -1.89. The smallest absolute Gasteiger partial charge is 0.303 e. The lowest BCUT2D eigenvalue weighted by Gasteiger charge is -2.39. The first-order valence-corrected chi connectivity index (χ1v) is 17.4. The highest BCUT2D eigenvalue weighted by Crippen LogP contribution is 2.19. The minimum Gasteiger partial charge on any atom is -0.550 e. The van der Waals surface area contributed by atoms with Gasteiger partial charge in [-0.25, -0.2) is 0 Å². The van der Waals surface area contributed by atoms with Crippen molar-refractivity contribution in [2.45, 2.75) is 167 Å². The first-order chi connectivity index (χ1) is 20.3. The molecule has 0 spiro atoms. The van der Waals surface area contributed by atoms with Crippen molar-refractivity contribution in [3.05, 3.63) is 12.7 Å². The molecule has 0 aromatic carbocycles. The van der Waals surface area contributed by atoms with Crippen molar-refractivity contribution < 1.29 is 34.2 Å². The SMILES string of the molecule is C=CCCCCCCCCCCCCCCCCCCCCC[N+](CCCC(=O)[O-])(CCCC(=O)O)CCCC(=O)O. The van der Waals surface area contributed by atoms with Crippen LogP contribution in [-0.4, -0.2) is 58.8 Å². The van der Waals surface area contributed by atoms with E-state index < -0.39 is 17.9 Å². The number of rotatable bonds is 34. The average Bonchev–Trinajstić information content (AvgIpc) is 2.93. The number of nitrogens with zero attached hydrogens (tertiary/aromatic N) is 1. The Labute approximate surface area is 257 Å². The summed E-state index contributed by atoms with van der Waals surface area (Å²) >= 11 is 0. The molecular weight excluding hydrogens is 530 g/mol. The van der Waals surface area contributed by atoms with Crippen molar-refractivity contribution in [2.75, 3.05) is 26.2 Å². The third-order valence-corrected chi connectivity index (χ3v) is 8.60. The van der Waals surface area contributed by atoms with Gasteiger partial charge in [-0.2, -0.15) is 0 Å². The average molecular weight is 596 g/mol. The van der Waals surface area contributed by atoms with Crippen LogP contribution in [0.2, 0.25) is 0 Å². The van der Waals surface area contributed by atoms with Gasteiger partial charge in [0.2, 0.25) is 0 Å². The maximum absolute atomic E-state index is 11.1. The standard InChI is InChI=1S/C35H65NO6/c1-2-3-4-5-6-7-8-9-10-11-12-13-14-15-16-17-18-19-20-21-22-29-36(30-23-26-33(37)38,31-24-27-34(39)40)32-25-28-35(41)42/h2H,1,3-32H2,(H2-,37,38,39,40,41,42). The molecule has 0 atom stereocenters. The lowest BCUT2D eigenvalue weighted by atomic mass is 10.0. The molecule has 246 valence electrons. The van der Waals surface area contributed by atoms with Crippen LogP contribution in [0.3, 0.4) is 0 Å². The molecule has 0 aliphatic heterocycles. The number of aliphatic carboxylic acids is 3. The molecule has 0 aromatic heterocycles. The highest BCUT2D eigenvalue weighted by atomic mass is 16.4. The number of carboxylic acids is 3. The quantitative estimate of drug-likeness (QED) is 0.0442. The Bertz CT molecular complexity index is 630. The van der Waals surface area contributed by atoms with Crippen LogP contribution >= 0.6 is 0 Å². The van der Waals surface area contributed by atoms with Crippen molar-refractivity contribution in [1.29, 1.82) is 0 Å². The van der Waals surface area contributed by atoms with Crippen LogP contribution < -0.4 is 5.11 Å². The summed E-state index contributed by atoms with van der Waals surface area (Å²) in [6, 6.07) is 0. The second kappa shape index (κ2) is 29.2. The van der Waals surface area contributed by atoms with E-state index in [1.807, 2.05) is 6.08 Å². The third-order valence-electron chi connectivity index (χ3n) is 8.60. The largest absolute Gasteiger partial charge is 0.550 e. The van der Waals surface area contributed by atoms with Crippen LogP contribution in [0.5, 0.6) is 0 Å². The van der Waals surface area contributed by atoms with Gasteiger partial charge in [-0.1, -0.05) is 109 Å². The lowest BCUT2D eigenvalue weighted by molar-refractivity contribution is -0.929. The Kier molecular flexibility index (Phi) is 27.9. The van der Waals surface area contributed by atoms with Crippen LogP contribution in [0.1, 0.15) is 167 Å². The van der Waals surface area contributed by atoms with Crippen LogP contribution in [-0.2, 0) is 14.4 Å². The molecule has 0 unspecified atom stereocenters. The van der Waals surface area contributed by atoms with Gasteiger partial charge in [0.1, 0.15) is 0 Å². The van der Waals surface area contributed by atoms with E-state index in [4.69, 9.17) is 10.2 Å². The highest BCUT2D eigenvalue weighted by molar-refractivity contribution is 5.66. The molecule has 0 heterocycles. The van der Waals surface area contributed by atoms with Crippen molar-refractivity contribution in [3.63, 3.8) is 0 Å². The maximum atomic E-state index is 11.1. The van der Waals surface area contributed by atoms with Gasteiger partial charge < -0.3 is 24.6 Å². The fourth-order valence-electron chi connectivity index (χ4n) is 6.10. The molecule has 0 aliphatic carbocycles. The number of hydrogen-bond acceptors (Lipinski definition) is 4. The zero-order valence-corrected chi connectivity index (χ0v) is 27.0. The Morgan fingerprint density at radius 2 is 0.762 bits per heavy atom. The second-order valence-corrected chi connectivity index (χ2v) is 12.5. The number of allylic oxidation sites excluding steroid dienone is 1. The topological polar surface area (TPSA) is 115 Å². The summed E-state index contributed by atoms with van der Waals surface area (Å²) in [6.45, 7) is 6.56. The van der Waals surface area contributed by atoms with Crippen molar-refractivity contribution in [2.24, 2.45) is 0 Å². The van der Waals surface area contributed by atoms with Crippen molar-refractivity contribution in [1.82, 2.24) is 0 Å². The molecule has 7 nitrogen and oxygen atoms in total. The predicted molar refractivity (Wildman–Crippen MR) is 170 cm³/mol. The monoisotopic (exact) mass is 595 g/mol. The van der Waals surface area contributed by atoms with Gasteiger partial charge in [0, 0.05) is 25.2 Å². The second-order valence-electron chi connectivity index (χ2n) is 12.5. The van der Waals surface area contributed by atoms with E-state index in [1.165, 1.54) is 116 Å². The van der Waals surface area contributed by atoms with Crippen LogP contribution in [0.4, 0.5) is 0 Å². The molecule has 2 N–H and O–H groups in total. The van der Waals surface area contributed by atoms with Gasteiger partial charge >= 0.3 is 11.9 Å². The van der Waals surface area contributed by atoms with Crippen LogP contribution in [0, 0.1) is 0 Å². The molecule has 7 heteroatoms. The molecule has 0 saturated carbocycles. The fourth-order valence-corrected chi connectivity index (χ4v) is 6.10. The minimum atomic E-state index is -1.07. The summed E-state index contributed by atoms with van der Waals surface area (Å²) in [5.41, 5.74) is 0. The molecule has 0 aromatic rings. The molecule has 0 saturated heterocycles. The van der Waals surface area contributed by atoms with E-state index in [-0.39, 0.29) is 19.3 Å². The summed E-state index contributed by atoms with van der Waals surface area (Å²) in [7, 11) is 0. The minimum absolute atomic E-state index is 0.0188. The number of quaternary nitrogens is 1. The molecule has 0 bridgehead atoms.